The predicted molar refractivity (Wildman–Crippen MR) is 113 cm³/mol. The summed E-state index contributed by atoms with van der Waals surface area (Å²) in [4.78, 5) is 0.406. The molecule has 154 valence electrons. The number of rotatable bonds is 4. The molecule has 0 spiro atoms. The van der Waals surface area contributed by atoms with Gasteiger partial charge in [-0.3, -0.25) is 0 Å². The number of nitrogens with zero attached hydrogens (tertiary/aromatic N) is 2. The average Bonchev–Trinajstić information content (AvgIpc) is 2.89. The number of fused-ring (bicyclic) bond motifs is 1. The molecule has 1 saturated heterocycles. The molecule has 0 atom stereocenters. The van der Waals surface area contributed by atoms with Crippen molar-refractivity contribution < 1.29 is 16.8 Å². The molecule has 0 aliphatic carbocycles. The molecule has 1 aromatic heterocycles. The molecule has 6 nitrogen and oxygen atoms in total. The summed E-state index contributed by atoms with van der Waals surface area (Å²) in [6.45, 7) is 2.85. The van der Waals surface area contributed by atoms with Crippen molar-refractivity contribution in [3.8, 4) is 0 Å². The van der Waals surface area contributed by atoms with Crippen molar-refractivity contribution in [2.45, 2.75) is 42.4 Å². The van der Waals surface area contributed by atoms with E-state index in [1.54, 1.807) is 59.9 Å². The lowest BCUT2D eigenvalue weighted by Gasteiger charge is -2.20. The second kappa shape index (κ2) is 7.59. The fraction of sp³-hybridized carbons (Fsp3) is 0.333. The van der Waals surface area contributed by atoms with Crippen LogP contribution in [0.3, 0.4) is 0 Å². The molecule has 1 aliphatic heterocycles. The first kappa shape index (κ1) is 20.1. The zero-order valence-electron chi connectivity index (χ0n) is 16.3. The third-order valence-electron chi connectivity index (χ3n) is 5.44. The van der Waals surface area contributed by atoms with Crippen LogP contribution in [-0.2, 0) is 20.0 Å². The lowest BCUT2D eigenvalue weighted by molar-refractivity contribution is 0.424. The fourth-order valence-corrected chi connectivity index (χ4v) is 6.82. The number of sulfonamides is 1. The van der Waals surface area contributed by atoms with Gasteiger partial charge in [-0.15, -0.1) is 0 Å². The van der Waals surface area contributed by atoms with Gasteiger partial charge in [-0.25, -0.2) is 20.8 Å². The van der Waals surface area contributed by atoms with Gasteiger partial charge in [0.1, 0.15) is 0 Å². The maximum absolute atomic E-state index is 13.1. The molecular formula is C21H24N2O4S2. The molecular weight excluding hydrogens is 408 g/mol. The monoisotopic (exact) mass is 432 g/mol. The van der Waals surface area contributed by atoms with Crippen LogP contribution in [0.2, 0.25) is 0 Å². The molecule has 0 unspecified atom stereocenters. The Morgan fingerprint density at radius 1 is 0.759 bits per heavy atom. The predicted octanol–water partition coefficient (Wildman–Crippen LogP) is 3.75. The molecule has 8 heteroatoms. The standard InChI is InChI=1S/C21H24N2O4S2/c1-17-16-23(29(26,27)18-9-5-4-6-10-18)21-12-11-19(15-20(17)21)28(24,25)22-13-7-2-3-8-14-22/h4-6,9-12,15-16H,2-3,7-8,13-14H2,1H3. The zero-order chi connectivity index (χ0) is 20.6. The van der Waals surface area contributed by atoms with Gasteiger partial charge >= 0.3 is 0 Å². The quantitative estimate of drug-likeness (QED) is 0.629. The molecule has 29 heavy (non-hydrogen) atoms. The minimum Gasteiger partial charge on any atom is -0.241 e. The first-order chi connectivity index (χ1) is 13.8. The minimum absolute atomic E-state index is 0.193. The van der Waals surface area contributed by atoms with Crippen LogP contribution in [0.1, 0.15) is 31.2 Å². The summed E-state index contributed by atoms with van der Waals surface area (Å²) < 4.78 is 55.2. The number of benzene rings is 2. The van der Waals surface area contributed by atoms with Gasteiger partial charge < -0.3 is 0 Å². The van der Waals surface area contributed by atoms with Crippen molar-refractivity contribution >= 4 is 30.9 Å². The Morgan fingerprint density at radius 3 is 2.07 bits per heavy atom. The van der Waals surface area contributed by atoms with E-state index in [2.05, 4.69) is 0 Å². The number of hydrogen-bond donors (Lipinski definition) is 0. The number of aromatic nitrogens is 1. The van der Waals surface area contributed by atoms with Crippen molar-refractivity contribution in [2.24, 2.45) is 0 Å². The van der Waals surface area contributed by atoms with Crippen molar-refractivity contribution in [3.63, 3.8) is 0 Å². The maximum atomic E-state index is 13.1. The van der Waals surface area contributed by atoms with Crippen LogP contribution >= 0.6 is 0 Å². The molecule has 4 rings (SSSR count). The molecule has 1 fully saturated rings. The highest BCUT2D eigenvalue weighted by Crippen LogP contribution is 2.29. The van der Waals surface area contributed by atoms with E-state index in [1.165, 1.54) is 10.0 Å². The molecule has 0 N–H and O–H groups in total. The van der Waals surface area contributed by atoms with E-state index in [9.17, 15) is 16.8 Å². The lowest BCUT2D eigenvalue weighted by atomic mass is 10.2. The SMILES string of the molecule is Cc1cn(S(=O)(=O)c2ccccc2)c2ccc(S(=O)(=O)N3CCCCCC3)cc12. The van der Waals surface area contributed by atoms with Gasteiger partial charge in [0.25, 0.3) is 10.0 Å². The summed E-state index contributed by atoms with van der Waals surface area (Å²) in [6, 6.07) is 12.9. The van der Waals surface area contributed by atoms with Crippen LogP contribution in [0.5, 0.6) is 0 Å². The van der Waals surface area contributed by atoms with Crippen LogP contribution in [0.4, 0.5) is 0 Å². The molecule has 1 aliphatic rings. The minimum atomic E-state index is -3.76. The normalized spacial score (nSPS) is 16.7. The van der Waals surface area contributed by atoms with Crippen LogP contribution in [0.15, 0.2) is 64.5 Å². The van der Waals surface area contributed by atoms with Gasteiger partial charge in [0.2, 0.25) is 10.0 Å². The highest BCUT2D eigenvalue weighted by atomic mass is 32.2. The van der Waals surface area contributed by atoms with E-state index in [-0.39, 0.29) is 9.79 Å². The van der Waals surface area contributed by atoms with Crippen LogP contribution < -0.4 is 0 Å². The molecule has 0 bridgehead atoms. The van der Waals surface area contributed by atoms with Crippen LogP contribution in [0.25, 0.3) is 10.9 Å². The van der Waals surface area contributed by atoms with E-state index in [0.717, 1.165) is 25.7 Å². The Hall–Kier alpha value is -2.16. The van der Waals surface area contributed by atoms with E-state index in [0.29, 0.717) is 29.6 Å². The summed E-state index contributed by atoms with van der Waals surface area (Å²) in [5.41, 5.74) is 1.19. The van der Waals surface area contributed by atoms with E-state index >= 15 is 0 Å². The fourth-order valence-electron chi connectivity index (χ4n) is 3.83. The maximum Gasteiger partial charge on any atom is 0.268 e. The first-order valence-electron chi connectivity index (χ1n) is 9.74. The van der Waals surface area contributed by atoms with Crippen LogP contribution in [0, 0.1) is 6.92 Å². The van der Waals surface area contributed by atoms with E-state index in [4.69, 9.17) is 0 Å². The van der Waals surface area contributed by atoms with Gasteiger partial charge in [-0.1, -0.05) is 31.0 Å². The van der Waals surface area contributed by atoms with Gasteiger partial charge in [0, 0.05) is 24.7 Å². The molecule has 0 radical (unpaired) electrons. The van der Waals surface area contributed by atoms with E-state index in [1.807, 2.05) is 0 Å². The summed E-state index contributed by atoms with van der Waals surface area (Å²) in [6.07, 6.45) is 5.38. The molecule has 2 aromatic carbocycles. The lowest BCUT2D eigenvalue weighted by Crippen LogP contribution is -2.31. The van der Waals surface area contributed by atoms with Crippen molar-refractivity contribution in [3.05, 3.63) is 60.3 Å². The van der Waals surface area contributed by atoms with Crippen molar-refractivity contribution in [1.29, 1.82) is 0 Å². The van der Waals surface area contributed by atoms with Gasteiger partial charge in [-0.05, 0) is 55.7 Å². The van der Waals surface area contributed by atoms with Crippen molar-refractivity contribution in [1.82, 2.24) is 8.28 Å². The Labute approximate surface area is 171 Å². The molecule has 0 amide bonds. The molecule has 2 heterocycles. The van der Waals surface area contributed by atoms with Crippen LogP contribution in [-0.4, -0.2) is 38.2 Å². The van der Waals surface area contributed by atoms with E-state index < -0.39 is 20.0 Å². The third kappa shape index (κ3) is 3.60. The second-order valence-electron chi connectivity index (χ2n) is 7.42. The number of aryl methyl sites for hydroxylation is 1. The third-order valence-corrected chi connectivity index (χ3v) is 9.03. The highest BCUT2D eigenvalue weighted by Gasteiger charge is 2.27. The van der Waals surface area contributed by atoms with Gasteiger partial charge in [0.05, 0.1) is 15.3 Å². The Balaban J connectivity index is 1.80. The number of hydrogen-bond acceptors (Lipinski definition) is 4. The topological polar surface area (TPSA) is 76.5 Å². The smallest absolute Gasteiger partial charge is 0.241 e. The highest BCUT2D eigenvalue weighted by molar-refractivity contribution is 7.90. The Morgan fingerprint density at radius 2 is 1.41 bits per heavy atom. The Kier molecular flexibility index (Phi) is 5.27. The summed E-state index contributed by atoms with van der Waals surface area (Å²) in [5, 5.41) is 0.625. The summed E-state index contributed by atoms with van der Waals surface area (Å²) >= 11 is 0. The van der Waals surface area contributed by atoms with Gasteiger partial charge in [0.15, 0.2) is 0 Å². The average molecular weight is 433 g/mol. The summed E-state index contributed by atoms with van der Waals surface area (Å²) in [7, 11) is -7.36. The molecule has 3 aromatic rings. The van der Waals surface area contributed by atoms with Gasteiger partial charge in [-0.2, -0.15) is 4.31 Å². The largest absolute Gasteiger partial charge is 0.268 e. The first-order valence-corrected chi connectivity index (χ1v) is 12.6. The summed E-state index contributed by atoms with van der Waals surface area (Å²) in [5.74, 6) is 0. The zero-order valence-corrected chi connectivity index (χ0v) is 17.9. The Bertz CT molecular complexity index is 1240. The second-order valence-corrected chi connectivity index (χ2v) is 11.2. The van der Waals surface area contributed by atoms with Crippen molar-refractivity contribution in [2.75, 3.05) is 13.1 Å². The molecule has 0 saturated carbocycles.